The Labute approximate surface area is 140 Å². The zero-order valence-corrected chi connectivity index (χ0v) is 15.5. The summed E-state index contributed by atoms with van der Waals surface area (Å²) in [5, 5.41) is 2.66. The van der Waals surface area contributed by atoms with Gasteiger partial charge in [-0.3, -0.25) is 0 Å². The van der Waals surface area contributed by atoms with Gasteiger partial charge in [0.05, 0.1) is 0 Å². The minimum atomic E-state index is -0.826. The normalized spacial score (nSPS) is 8.95. The van der Waals surface area contributed by atoms with Gasteiger partial charge >= 0.3 is 37.9 Å². The van der Waals surface area contributed by atoms with Gasteiger partial charge in [0, 0.05) is 0 Å². The number of halogens is 2. The first kappa shape index (κ1) is 17.7. The van der Waals surface area contributed by atoms with Gasteiger partial charge in [0.25, 0.3) is 0 Å². The van der Waals surface area contributed by atoms with Crippen molar-refractivity contribution in [1.29, 1.82) is 0 Å². The van der Waals surface area contributed by atoms with Gasteiger partial charge in [0.1, 0.15) is 0 Å². The van der Waals surface area contributed by atoms with Gasteiger partial charge in [-0.25, -0.2) is 12.1 Å². The quantitative estimate of drug-likeness (QED) is 0.455. The van der Waals surface area contributed by atoms with E-state index in [-0.39, 0.29) is 0 Å². The molecule has 0 heterocycles. The van der Waals surface area contributed by atoms with E-state index >= 15 is 0 Å². The molecule has 0 unspecified atom stereocenters. The molecule has 3 heteroatoms. The zero-order valence-electron chi connectivity index (χ0n) is 11.5. The molecule has 3 rings (SSSR count). The predicted octanol–water partition coefficient (Wildman–Crippen LogP) is 6.29. The van der Waals surface area contributed by atoms with Crippen molar-refractivity contribution in [3.05, 3.63) is 72.3 Å². The van der Waals surface area contributed by atoms with Crippen LogP contribution in [0.25, 0.3) is 10.8 Å². The van der Waals surface area contributed by atoms with Crippen molar-refractivity contribution in [1.82, 2.24) is 0 Å². The third-order valence-corrected chi connectivity index (χ3v) is 2.82. The summed E-state index contributed by atoms with van der Waals surface area (Å²) in [6.07, 6.45) is 2.48. The van der Waals surface area contributed by atoms with Crippen LogP contribution >= 0.6 is 17.0 Å². The van der Waals surface area contributed by atoms with Crippen LogP contribution in [0.3, 0.4) is 0 Å². The van der Waals surface area contributed by atoms with Gasteiger partial charge in [-0.1, -0.05) is 25.8 Å². The molecule has 0 spiro atoms. The largest absolute Gasteiger partial charge is 0.168 e. The van der Waals surface area contributed by atoms with Crippen molar-refractivity contribution in [2.75, 3.05) is 0 Å². The van der Waals surface area contributed by atoms with Crippen LogP contribution in [0.5, 0.6) is 0 Å². The number of aryl methyl sites for hydroxylation is 1. The average molecular weight is 384 g/mol. The Hall–Kier alpha value is -0.357. The van der Waals surface area contributed by atoms with Crippen molar-refractivity contribution in [3.8, 4) is 0 Å². The van der Waals surface area contributed by atoms with Gasteiger partial charge < -0.3 is 0 Å². The molecular weight excluding hydrogens is 366 g/mol. The molecule has 0 N–H and O–H groups in total. The Bertz CT molecular complexity index is 525. The molecule has 104 valence electrons. The Kier molecular flexibility index (Phi) is 10.0. The van der Waals surface area contributed by atoms with E-state index < -0.39 is 20.8 Å². The van der Waals surface area contributed by atoms with E-state index in [1.54, 1.807) is 0 Å². The first-order valence-corrected chi connectivity index (χ1v) is 12.9. The summed E-state index contributed by atoms with van der Waals surface area (Å²) in [6, 6.07) is 23.2. The third kappa shape index (κ3) is 6.88. The van der Waals surface area contributed by atoms with Crippen LogP contribution in [0.4, 0.5) is 0 Å². The summed E-state index contributed by atoms with van der Waals surface area (Å²) in [5.41, 5.74) is 1.47. The van der Waals surface area contributed by atoms with E-state index in [1.165, 1.54) is 29.2 Å². The second-order valence-electron chi connectivity index (χ2n) is 4.27. The maximum Gasteiger partial charge on any atom is -0.0809 e. The van der Waals surface area contributed by atoms with E-state index in [0.29, 0.717) is 0 Å². The Morgan fingerprint density at radius 1 is 1.05 bits per heavy atom. The van der Waals surface area contributed by atoms with Crippen molar-refractivity contribution < 1.29 is 20.8 Å². The molecule has 0 saturated heterocycles. The fraction of sp³-hybridized carbons (Fsp3) is 0.176. The first-order valence-electron chi connectivity index (χ1n) is 6.59. The molecule has 0 aliphatic rings. The van der Waals surface area contributed by atoms with Gasteiger partial charge in [0.15, 0.2) is 0 Å². The van der Waals surface area contributed by atoms with Crippen LogP contribution in [-0.4, -0.2) is 0 Å². The zero-order chi connectivity index (χ0) is 14.6. The summed E-state index contributed by atoms with van der Waals surface area (Å²) in [7, 11) is 9.87. The molecule has 0 radical (unpaired) electrons. The van der Waals surface area contributed by atoms with Crippen molar-refractivity contribution >= 4 is 27.8 Å². The van der Waals surface area contributed by atoms with Crippen molar-refractivity contribution in [3.63, 3.8) is 0 Å². The smallest absolute Gasteiger partial charge is 0.0809 e. The number of fused-ring (bicyclic) bond motifs is 1. The van der Waals surface area contributed by atoms with E-state index in [2.05, 4.69) is 73.7 Å². The predicted molar refractivity (Wildman–Crippen MR) is 87.3 cm³/mol. The molecule has 0 bridgehead atoms. The van der Waals surface area contributed by atoms with E-state index in [9.17, 15) is 0 Å². The molecule has 0 amide bonds. The van der Waals surface area contributed by atoms with Crippen LogP contribution in [-0.2, 0) is 27.3 Å². The number of benzene rings is 1. The maximum absolute atomic E-state index is 4.93. The summed E-state index contributed by atoms with van der Waals surface area (Å²) in [6.45, 7) is 2.20. The first-order chi connectivity index (χ1) is 9.81. The van der Waals surface area contributed by atoms with Crippen LogP contribution in [0, 0.1) is 0 Å². The second kappa shape index (κ2) is 11.3. The van der Waals surface area contributed by atoms with E-state index in [1.807, 2.05) is 0 Å². The summed E-state index contributed by atoms with van der Waals surface area (Å²) >= 11 is -0.826. The summed E-state index contributed by atoms with van der Waals surface area (Å²) < 4.78 is 0. The fourth-order valence-electron chi connectivity index (χ4n) is 1.94. The molecule has 0 aromatic heterocycles. The maximum atomic E-state index is 4.93. The molecule has 20 heavy (non-hydrogen) atoms. The molecule has 0 atom stereocenters. The third-order valence-electron chi connectivity index (χ3n) is 2.82. The van der Waals surface area contributed by atoms with Crippen LogP contribution in [0.15, 0.2) is 66.7 Å². The second-order valence-corrected chi connectivity index (χ2v) is 8.00. The fourth-order valence-corrected chi connectivity index (χ4v) is 1.94. The van der Waals surface area contributed by atoms with Crippen LogP contribution in [0.2, 0.25) is 0 Å². The van der Waals surface area contributed by atoms with Gasteiger partial charge in [0.2, 0.25) is 0 Å². The minimum absolute atomic E-state index is 0.826. The van der Waals surface area contributed by atoms with E-state index in [4.69, 9.17) is 17.0 Å². The average Bonchev–Trinajstić information content (AvgIpc) is 3.11. The van der Waals surface area contributed by atoms with Gasteiger partial charge in [-0.15, -0.1) is 29.7 Å². The number of rotatable bonds is 2. The van der Waals surface area contributed by atoms with E-state index in [0.717, 1.165) is 0 Å². The van der Waals surface area contributed by atoms with Crippen molar-refractivity contribution in [2.45, 2.75) is 19.8 Å². The Morgan fingerprint density at radius 2 is 1.70 bits per heavy atom. The molecule has 0 aliphatic heterocycles. The topological polar surface area (TPSA) is 0 Å². The molecule has 0 nitrogen and oxygen atoms in total. The number of hydrogen-bond donors (Lipinski definition) is 0. The summed E-state index contributed by atoms with van der Waals surface area (Å²) in [4.78, 5) is 0. The van der Waals surface area contributed by atoms with Crippen LogP contribution in [0.1, 0.15) is 18.9 Å². The molecule has 3 aromatic rings. The SMILES string of the molecule is CCC[c-]1cccc1.[Cl][Zr+2][Cl].c1ccc2[cH-]ccc2c1. The van der Waals surface area contributed by atoms with Gasteiger partial charge in [-0.2, -0.15) is 35.2 Å². The molecule has 0 aliphatic carbocycles. The standard InChI is InChI=1S/C9H7.C8H11.2ClH.Zr/c1-2-5-9-7-3-6-8(9)4-1;1-2-5-8-6-3-4-7-8;;;/h1-7H;3-4,6-7H,2,5H2,1H3;2*1H;/q2*-1;;;+4/p-2. The Morgan fingerprint density at radius 3 is 2.30 bits per heavy atom. The monoisotopic (exact) mass is 382 g/mol. The van der Waals surface area contributed by atoms with Crippen LogP contribution < -0.4 is 0 Å². The Balaban J connectivity index is 0.000000169. The molecule has 0 fully saturated rings. The minimum Gasteiger partial charge on any atom is -0.168 e. The molecular formula is C17H18Cl2Zr. The molecule has 0 saturated carbocycles. The summed E-state index contributed by atoms with van der Waals surface area (Å²) in [5.74, 6) is 0. The van der Waals surface area contributed by atoms with Crippen molar-refractivity contribution in [2.24, 2.45) is 0 Å². The molecule has 3 aromatic carbocycles. The number of hydrogen-bond acceptors (Lipinski definition) is 0. The van der Waals surface area contributed by atoms with Gasteiger partial charge in [-0.05, 0) is 0 Å².